The minimum atomic E-state index is -4.37. The van der Waals surface area contributed by atoms with Crippen LogP contribution in [0.2, 0.25) is 0 Å². The first-order valence-corrected chi connectivity index (χ1v) is 9.60. The first kappa shape index (κ1) is 27.8. The molecule has 1 aromatic carbocycles. The van der Waals surface area contributed by atoms with Crippen LogP contribution in [0.5, 0.6) is 0 Å². The molecule has 0 aromatic heterocycles. The summed E-state index contributed by atoms with van der Waals surface area (Å²) in [7, 11) is 0. The molecule has 1 aromatic rings. The van der Waals surface area contributed by atoms with Gasteiger partial charge in [-0.25, -0.2) is 4.99 Å². The SMILES string of the molecule is CCNC(=NCc1cccc(COCC(F)(F)F)c1)NC1CCN(CC(F)(F)F)C1.I. The van der Waals surface area contributed by atoms with Gasteiger partial charge in [-0.15, -0.1) is 24.0 Å². The van der Waals surface area contributed by atoms with Crippen molar-refractivity contribution in [1.29, 1.82) is 0 Å². The Morgan fingerprint density at radius 1 is 1.16 bits per heavy atom. The molecule has 1 fully saturated rings. The van der Waals surface area contributed by atoms with E-state index in [1.807, 2.05) is 6.92 Å². The third-order valence-corrected chi connectivity index (χ3v) is 4.31. The number of ether oxygens (including phenoxy) is 1. The molecule has 1 heterocycles. The van der Waals surface area contributed by atoms with Gasteiger partial charge in [0.2, 0.25) is 0 Å². The van der Waals surface area contributed by atoms with Crippen LogP contribution in [-0.2, 0) is 17.9 Å². The molecule has 1 aliphatic heterocycles. The Balaban J connectivity index is 0.00000480. The van der Waals surface area contributed by atoms with Crippen LogP contribution in [0.25, 0.3) is 0 Å². The number of halogens is 7. The molecule has 1 unspecified atom stereocenters. The number of hydrogen-bond donors (Lipinski definition) is 2. The van der Waals surface area contributed by atoms with Crippen molar-refractivity contribution in [3.05, 3.63) is 35.4 Å². The number of alkyl halides is 6. The van der Waals surface area contributed by atoms with Crippen molar-refractivity contribution in [2.75, 3.05) is 32.8 Å². The molecule has 178 valence electrons. The van der Waals surface area contributed by atoms with Gasteiger partial charge in [-0.05, 0) is 24.5 Å². The molecule has 1 aliphatic rings. The van der Waals surface area contributed by atoms with Crippen LogP contribution in [0.1, 0.15) is 24.5 Å². The summed E-state index contributed by atoms with van der Waals surface area (Å²) in [6, 6.07) is 6.74. The van der Waals surface area contributed by atoms with Crippen molar-refractivity contribution in [3.8, 4) is 0 Å². The van der Waals surface area contributed by atoms with E-state index in [-0.39, 0.29) is 49.7 Å². The zero-order valence-corrected chi connectivity index (χ0v) is 19.4. The van der Waals surface area contributed by atoms with Gasteiger partial charge in [-0.1, -0.05) is 24.3 Å². The fourth-order valence-corrected chi connectivity index (χ4v) is 3.13. The Morgan fingerprint density at radius 2 is 1.87 bits per heavy atom. The van der Waals surface area contributed by atoms with Crippen molar-refractivity contribution < 1.29 is 31.1 Å². The molecule has 0 aliphatic carbocycles. The van der Waals surface area contributed by atoms with Crippen LogP contribution in [0.3, 0.4) is 0 Å². The third kappa shape index (κ3) is 11.8. The van der Waals surface area contributed by atoms with E-state index in [0.29, 0.717) is 31.0 Å². The van der Waals surface area contributed by atoms with E-state index < -0.39 is 25.5 Å². The molecule has 2 rings (SSSR count). The summed E-state index contributed by atoms with van der Waals surface area (Å²) in [6.45, 7) is 0.954. The maximum atomic E-state index is 12.5. The zero-order valence-electron chi connectivity index (χ0n) is 17.0. The fraction of sp³-hybridized carbons (Fsp3) is 0.632. The van der Waals surface area contributed by atoms with Gasteiger partial charge < -0.3 is 15.4 Å². The van der Waals surface area contributed by atoms with E-state index in [1.54, 1.807) is 24.3 Å². The highest BCUT2D eigenvalue weighted by molar-refractivity contribution is 14.0. The summed E-state index contributed by atoms with van der Waals surface area (Å²) in [5.41, 5.74) is 1.38. The number of nitrogens with one attached hydrogen (secondary N) is 2. The molecule has 1 atom stereocenters. The Labute approximate surface area is 194 Å². The molecular formula is C19H27F6IN4O. The summed E-state index contributed by atoms with van der Waals surface area (Å²) in [5, 5.41) is 6.21. The number of guanidine groups is 1. The maximum Gasteiger partial charge on any atom is 0.411 e. The molecule has 5 nitrogen and oxygen atoms in total. The predicted octanol–water partition coefficient (Wildman–Crippen LogP) is 4.08. The summed E-state index contributed by atoms with van der Waals surface area (Å²) in [5.74, 6) is 0.482. The second-order valence-electron chi connectivity index (χ2n) is 7.10. The van der Waals surface area contributed by atoms with Crippen molar-refractivity contribution in [2.45, 2.75) is 44.9 Å². The smallest absolute Gasteiger partial charge is 0.367 e. The average Bonchev–Trinajstić information content (AvgIpc) is 3.04. The molecule has 12 heteroatoms. The third-order valence-electron chi connectivity index (χ3n) is 4.31. The molecule has 0 amide bonds. The summed E-state index contributed by atoms with van der Waals surface area (Å²) >= 11 is 0. The van der Waals surface area contributed by atoms with Gasteiger partial charge in [0, 0.05) is 25.7 Å². The fourth-order valence-electron chi connectivity index (χ4n) is 3.13. The van der Waals surface area contributed by atoms with Gasteiger partial charge in [0.25, 0.3) is 0 Å². The minimum Gasteiger partial charge on any atom is -0.367 e. The summed E-state index contributed by atoms with van der Waals surface area (Å²) < 4.78 is 78.8. The van der Waals surface area contributed by atoms with E-state index in [4.69, 9.17) is 0 Å². The average molecular weight is 568 g/mol. The van der Waals surface area contributed by atoms with Gasteiger partial charge in [-0.2, -0.15) is 26.3 Å². The highest BCUT2D eigenvalue weighted by Gasteiger charge is 2.34. The lowest BCUT2D eigenvalue weighted by Gasteiger charge is -2.19. The molecular weight excluding hydrogens is 541 g/mol. The monoisotopic (exact) mass is 568 g/mol. The van der Waals surface area contributed by atoms with Crippen LogP contribution in [0, 0.1) is 0 Å². The lowest BCUT2D eigenvalue weighted by atomic mass is 10.1. The lowest BCUT2D eigenvalue weighted by molar-refractivity contribution is -0.176. The topological polar surface area (TPSA) is 48.9 Å². The Kier molecular flexibility index (Phi) is 11.4. The van der Waals surface area contributed by atoms with E-state index >= 15 is 0 Å². The van der Waals surface area contributed by atoms with E-state index in [0.717, 1.165) is 5.56 Å². The number of nitrogens with zero attached hydrogens (tertiary/aromatic N) is 2. The largest absolute Gasteiger partial charge is 0.411 e. The highest BCUT2D eigenvalue weighted by atomic mass is 127. The zero-order chi connectivity index (χ0) is 22.2. The minimum absolute atomic E-state index is 0. The van der Waals surface area contributed by atoms with Crippen LogP contribution in [-0.4, -0.2) is 62.0 Å². The van der Waals surface area contributed by atoms with Gasteiger partial charge in [-0.3, -0.25) is 4.90 Å². The Bertz CT molecular complexity index is 699. The number of hydrogen-bond acceptors (Lipinski definition) is 3. The molecule has 1 saturated heterocycles. The summed E-state index contributed by atoms with van der Waals surface area (Å²) in [6.07, 6.45) is -8.01. The molecule has 0 spiro atoms. The number of benzene rings is 1. The maximum absolute atomic E-state index is 12.5. The number of likely N-dealkylation sites (tertiary alicyclic amines) is 1. The van der Waals surface area contributed by atoms with E-state index in [2.05, 4.69) is 20.4 Å². The second-order valence-corrected chi connectivity index (χ2v) is 7.10. The summed E-state index contributed by atoms with van der Waals surface area (Å²) in [4.78, 5) is 5.79. The number of aliphatic imine (C=N–C) groups is 1. The van der Waals surface area contributed by atoms with Crippen LogP contribution in [0.15, 0.2) is 29.3 Å². The molecule has 0 bridgehead atoms. The van der Waals surface area contributed by atoms with Gasteiger partial charge in [0.1, 0.15) is 6.61 Å². The van der Waals surface area contributed by atoms with Crippen LogP contribution >= 0.6 is 24.0 Å². The van der Waals surface area contributed by atoms with Gasteiger partial charge in [0.05, 0.1) is 19.7 Å². The van der Waals surface area contributed by atoms with Gasteiger partial charge >= 0.3 is 12.4 Å². The Morgan fingerprint density at radius 3 is 2.52 bits per heavy atom. The molecule has 2 N–H and O–H groups in total. The normalized spacial score (nSPS) is 18.0. The van der Waals surface area contributed by atoms with Crippen LogP contribution < -0.4 is 10.6 Å². The second kappa shape index (κ2) is 12.7. The first-order chi connectivity index (χ1) is 14.0. The van der Waals surface area contributed by atoms with Gasteiger partial charge in [0.15, 0.2) is 5.96 Å². The molecule has 0 saturated carbocycles. The van der Waals surface area contributed by atoms with E-state index in [1.165, 1.54) is 4.90 Å². The van der Waals surface area contributed by atoms with Crippen molar-refractivity contribution in [1.82, 2.24) is 15.5 Å². The standard InChI is InChI=1S/C19H26F6N4O.HI/c1-2-26-17(28-16-6-7-29(10-16)12-18(20,21)22)27-9-14-4-3-5-15(8-14)11-30-13-19(23,24)25;/h3-5,8,16H,2,6-7,9-13H2,1H3,(H2,26,27,28);1H. The number of rotatable bonds is 8. The van der Waals surface area contributed by atoms with Crippen molar-refractivity contribution in [3.63, 3.8) is 0 Å². The highest BCUT2D eigenvalue weighted by Crippen LogP contribution is 2.20. The molecule has 31 heavy (non-hydrogen) atoms. The lowest BCUT2D eigenvalue weighted by Crippen LogP contribution is -2.45. The predicted molar refractivity (Wildman–Crippen MR) is 116 cm³/mol. The first-order valence-electron chi connectivity index (χ1n) is 9.60. The quantitative estimate of drug-likeness (QED) is 0.215. The Hall–Kier alpha value is -1.28. The van der Waals surface area contributed by atoms with Crippen LogP contribution in [0.4, 0.5) is 26.3 Å². The van der Waals surface area contributed by atoms with Crippen molar-refractivity contribution in [2.24, 2.45) is 4.99 Å². The van der Waals surface area contributed by atoms with Crippen molar-refractivity contribution >= 4 is 29.9 Å². The van der Waals surface area contributed by atoms with E-state index in [9.17, 15) is 26.3 Å². The molecule has 0 radical (unpaired) electrons.